The molecule has 1 aromatic heterocycles. The molecule has 0 saturated carbocycles. The van der Waals surface area contributed by atoms with Crippen LogP contribution >= 0.6 is 11.3 Å². The van der Waals surface area contributed by atoms with Gasteiger partial charge < -0.3 is 10.4 Å². The number of fused-ring (bicyclic) bond motifs is 1. The Morgan fingerprint density at radius 1 is 1.29 bits per heavy atom. The third-order valence-electron chi connectivity index (χ3n) is 4.03. The number of rotatable bonds is 5. The molecule has 21 heavy (non-hydrogen) atoms. The molecule has 1 heterocycles. The Kier molecular flexibility index (Phi) is 6.24. The molecule has 0 aliphatic heterocycles. The summed E-state index contributed by atoms with van der Waals surface area (Å²) in [4.78, 5) is 14.6. The van der Waals surface area contributed by atoms with E-state index in [1.54, 1.807) is 11.3 Å². The van der Waals surface area contributed by atoms with Crippen LogP contribution in [0.2, 0.25) is 0 Å². The van der Waals surface area contributed by atoms with E-state index in [4.69, 9.17) is 0 Å². The van der Waals surface area contributed by atoms with Crippen molar-refractivity contribution in [1.82, 2.24) is 5.32 Å². The van der Waals surface area contributed by atoms with Crippen LogP contribution in [0.4, 0.5) is 0 Å². The summed E-state index contributed by atoms with van der Waals surface area (Å²) >= 11 is 1.64. The topological polar surface area (TPSA) is 49.3 Å². The molecule has 0 aromatic carbocycles. The van der Waals surface area contributed by atoms with Gasteiger partial charge in [0.05, 0.1) is 17.5 Å². The fourth-order valence-electron chi connectivity index (χ4n) is 2.96. The molecular formula is C17H27NO2S. The minimum Gasteiger partial charge on any atom is -0.394 e. The first-order valence-corrected chi connectivity index (χ1v) is 8.95. The fraction of sp³-hybridized carbons (Fsp3) is 0.706. The number of thiophene rings is 1. The average Bonchev–Trinajstić information content (AvgIpc) is 2.80. The maximum Gasteiger partial charge on any atom is 0.261 e. The summed E-state index contributed by atoms with van der Waals surface area (Å²) in [5.74, 6) is 0.442. The molecule has 0 saturated heterocycles. The number of hydrogen-bond donors (Lipinski definition) is 2. The predicted octanol–water partition coefficient (Wildman–Crippen LogP) is 3.54. The van der Waals surface area contributed by atoms with Crippen LogP contribution in [-0.2, 0) is 12.8 Å². The number of aryl methyl sites for hydroxylation is 2. The van der Waals surface area contributed by atoms with Crippen LogP contribution in [-0.4, -0.2) is 23.7 Å². The van der Waals surface area contributed by atoms with Crippen LogP contribution in [0, 0.1) is 5.92 Å². The minimum atomic E-state index is -0.137. The standard InChI is InChI=1S/C17H27NO2S/c1-12(2)9-14(11-19)18-17(20)16-10-13-7-5-3-4-6-8-15(13)21-16/h10,12,14,19H,3-9,11H2,1-2H3,(H,18,20). The Balaban J connectivity index is 2.03. The Labute approximate surface area is 131 Å². The van der Waals surface area contributed by atoms with Crippen molar-refractivity contribution in [2.75, 3.05) is 6.61 Å². The van der Waals surface area contributed by atoms with Gasteiger partial charge in [-0.3, -0.25) is 4.79 Å². The van der Waals surface area contributed by atoms with Crippen molar-refractivity contribution < 1.29 is 9.90 Å². The Bertz CT molecular complexity index is 442. The molecule has 1 aliphatic carbocycles. The zero-order valence-electron chi connectivity index (χ0n) is 13.2. The van der Waals surface area contributed by atoms with Gasteiger partial charge in [0.15, 0.2) is 0 Å². The third-order valence-corrected chi connectivity index (χ3v) is 5.27. The Morgan fingerprint density at radius 3 is 2.67 bits per heavy atom. The molecule has 1 amide bonds. The molecule has 3 nitrogen and oxygen atoms in total. The van der Waals surface area contributed by atoms with E-state index in [0.29, 0.717) is 5.92 Å². The summed E-state index contributed by atoms with van der Waals surface area (Å²) in [7, 11) is 0. The van der Waals surface area contributed by atoms with Gasteiger partial charge in [-0.15, -0.1) is 11.3 Å². The van der Waals surface area contributed by atoms with Crippen molar-refractivity contribution in [3.63, 3.8) is 0 Å². The lowest BCUT2D eigenvalue weighted by molar-refractivity contribution is 0.0912. The van der Waals surface area contributed by atoms with Gasteiger partial charge in [-0.1, -0.05) is 26.7 Å². The fourth-order valence-corrected chi connectivity index (χ4v) is 4.12. The number of hydrogen-bond acceptors (Lipinski definition) is 3. The van der Waals surface area contributed by atoms with E-state index >= 15 is 0 Å². The predicted molar refractivity (Wildman–Crippen MR) is 88.0 cm³/mol. The maximum absolute atomic E-state index is 12.4. The van der Waals surface area contributed by atoms with Gasteiger partial charge in [0, 0.05) is 4.88 Å². The van der Waals surface area contributed by atoms with Gasteiger partial charge in [-0.2, -0.15) is 0 Å². The van der Waals surface area contributed by atoms with Crippen LogP contribution in [0.3, 0.4) is 0 Å². The van der Waals surface area contributed by atoms with E-state index in [0.717, 1.165) is 24.1 Å². The molecule has 1 atom stereocenters. The lowest BCUT2D eigenvalue weighted by atomic mass is 9.99. The number of aliphatic hydroxyl groups excluding tert-OH is 1. The number of carbonyl (C=O) groups excluding carboxylic acids is 1. The van der Waals surface area contributed by atoms with Gasteiger partial charge in [-0.05, 0) is 49.7 Å². The lowest BCUT2D eigenvalue weighted by Gasteiger charge is -2.17. The van der Waals surface area contributed by atoms with E-state index in [9.17, 15) is 9.90 Å². The highest BCUT2D eigenvalue weighted by atomic mass is 32.1. The molecule has 1 unspecified atom stereocenters. The van der Waals surface area contributed by atoms with Crippen LogP contribution in [0.25, 0.3) is 0 Å². The first kappa shape index (κ1) is 16.5. The van der Waals surface area contributed by atoms with Crippen molar-refractivity contribution >= 4 is 17.2 Å². The summed E-state index contributed by atoms with van der Waals surface area (Å²) in [6, 6.07) is 1.94. The monoisotopic (exact) mass is 309 g/mol. The number of amides is 1. The van der Waals surface area contributed by atoms with Gasteiger partial charge in [0.2, 0.25) is 0 Å². The Morgan fingerprint density at radius 2 is 2.00 bits per heavy atom. The first-order chi connectivity index (χ1) is 10.1. The quantitative estimate of drug-likeness (QED) is 0.874. The normalized spacial score (nSPS) is 17.0. The third kappa shape index (κ3) is 4.82. The molecular weight excluding hydrogens is 282 g/mol. The second-order valence-corrected chi connectivity index (χ2v) is 7.59. The summed E-state index contributed by atoms with van der Waals surface area (Å²) in [5, 5.41) is 12.4. The van der Waals surface area contributed by atoms with Crippen LogP contribution in [0.5, 0.6) is 0 Å². The van der Waals surface area contributed by atoms with E-state index in [1.807, 2.05) is 0 Å². The molecule has 4 heteroatoms. The van der Waals surface area contributed by atoms with E-state index < -0.39 is 0 Å². The highest BCUT2D eigenvalue weighted by Gasteiger charge is 2.19. The second kappa shape index (κ2) is 7.95. The molecule has 118 valence electrons. The molecule has 0 radical (unpaired) electrons. The zero-order chi connectivity index (χ0) is 15.2. The molecule has 1 aromatic rings. The van der Waals surface area contributed by atoms with Crippen molar-refractivity contribution in [2.45, 2.75) is 64.8 Å². The smallest absolute Gasteiger partial charge is 0.261 e. The first-order valence-electron chi connectivity index (χ1n) is 8.13. The summed E-state index contributed by atoms with van der Waals surface area (Å²) in [6.45, 7) is 4.21. The summed E-state index contributed by atoms with van der Waals surface area (Å²) < 4.78 is 0. The number of carbonyl (C=O) groups is 1. The highest BCUT2D eigenvalue weighted by molar-refractivity contribution is 7.14. The number of nitrogens with one attached hydrogen (secondary N) is 1. The zero-order valence-corrected chi connectivity index (χ0v) is 14.0. The van der Waals surface area contributed by atoms with Crippen LogP contribution < -0.4 is 5.32 Å². The summed E-state index contributed by atoms with van der Waals surface area (Å²) in [5.41, 5.74) is 1.37. The van der Waals surface area contributed by atoms with Gasteiger partial charge in [-0.25, -0.2) is 0 Å². The van der Waals surface area contributed by atoms with Crippen LogP contribution in [0.1, 0.15) is 66.1 Å². The molecule has 1 aliphatic rings. The molecule has 0 fully saturated rings. The number of aliphatic hydroxyl groups is 1. The minimum absolute atomic E-state index is 0.00894. The van der Waals surface area contributed by atoms with Crippen molar-refractivity contribution in [3.05, 3.63) is 21.4 Å². The molecule has 0 bridgehead atoms. The largest absolute Gasteiger partial charge is 0.394 e. The average molecular weight is 309 g/mol. The molecule has 0 spiro atoms. The van der Waals surface area contributed by atoms with Gasteiger partial charge >= 0.3 is 0 Å². The van der Waals surface area contributed by atoms with Gasteiger partial charge in [0.25, 0.3) is 5.91 Å². The van der Waals surface area contributed by atoms with E-state index in [2.05, 4.69) is 25.2 Å². The van der Waals surface area contributed by atoms with Crippen LogP contribution in [0.15, 0.2) is 6.07 Å². The van der Waals surface area contributed by atoms with Crippen molar-refractivity contribution in [3.8, 4) is 0 Å². The van der Waals surface area contributed by atoms with E-state index in [-0.39, 0.29) is 18.6 Å². The molecule has 2 N–H and O–H groups in total. The molecule has 2 rings (SSSR count). The maximum atomic E-state index is 12.4. The lowest BCUT2D eigenvalue weighted by Crippen LogP contribution is -2.38. The summed E-state index contributed by atoms with van der Waals surface area (Å²) in [6.07, 6.45) is 8.11. The SMILES string of the molecule is CC(C)CC(CO)NC(=O)c1cc2c(s1)CCCCCC2. The van der Waals surface area contributed by atoms with Gasteiger partial charge in [0.1, 0.15) is 0 Å². The van der Waals surface area contributed by atoms with Crippen molar-refractivity contribution in [1.29, 1.82) is 0 Å². The highest BCUT2D eigenvalue weighted by Crippen LogP contribution is 2.28. The Hall–Kier alpha value is -0.870. The van der Waals surface area contributed by atoms with E-state index in [1.165, 1.54) is 36.1 Å². The van der Waals surface area contributed by atoms with Crippen molar-refractivity contribution in [2.24, 2.45) is 5.92 Å². The second-order valence-electron chi connectivity index (χ2n) is 6.46.